The number of hydrogen-bond donors (Lipinski definition) is 1. The molecule has 0 radical (unpaired) electrons. The van der Waals surface area contributed by atoms with E-state index >= 15 is 0 Å². The van der Waals surface area contributed by atoms with Crippen molar-refractivity contribution in [2.45, 2.75) is 19.4 Å². The number of nitrogens with one attached hydrogen (secondary N) is 1. The first-order valence-electron chi connectivity index (χ1n) is 5.48. The second-order valence-corrected chi connectivity index (χ2v) is 5.27. The first-order valence-corrected chi connectivity index (χ1v) is 5.85. The number of anilines is 1. The standard InChI is InChI=1S/C13H18ClN3/c1-13(2,17(3)4)9-16-11-6-5-10(8-15)12(14)7-11/h5-7,16H,9H2,1-4H3. The molecule has 4 heteroatoms. The van der Waals surface area contributed by atoms with Crippen molar-refractivity contribution in [1.29, 1.82) is 5.26 Å². The quantitative estimate of drug-likeness (QED) is 0.894. The molecule has 17 heavy (non-hydrogen) atoms. The zero-order valence-corrected chi connectivity index (χ0v) is 11.5. The molecule has 0 amide bonds. The summed E-state index contributed by atoms with van der Waals surface area (Å²) < 4.78 is 0. The average molecular weight is 252 g/mol. The van der Waals surface area contributed by atoms with Gasteiger partial charge in [-0.05, 0) is 46.1 Å². The summed E-state index contributed by atoms with van der Waals surface area (Å²) in [6.45, 7) is 5.12. The fourth-order valence-electron chi connectivity index (χ4n) is 1.19. The number of nitriles is 1. The van der Waals surface area contributed by atoms with Crippen LogP contribution in [-0.2, 0) is 0 Å². The minimum absolute atomic E-state index is 0.0559. The lowest BCUT2D eigenvalue weighted by molar-refractivity contribution is 0.210. The summed E-state index contributed by atoms with van der Waals surface area (Å²) in [6.07, 6.45) is 0. The number of benzene rings is 1. The Morgan fingerprint density at radius 1 is 1.41 bits per heavy atom. The average Bonchev–Trinajstić information content (AvgIpc) is 2.26. The molecule has 0 saturated carbocycles. The van der Waals surface area contributed by atoms with Crippen molar-refractivity contribution >= 4 is 17.3 Å². The Labute approximate surface area is 108 Å². The van der Waals surface area contributed by atoms with E-state index in [9.17, 15) is 0 Å². The molecule has 92 valence electrons. The van der Waals surface area contributed by atoms with Gasteiger partial charge in [0.2, 0.25) is 0 Å². The summed E-state index contributed by atoms with van der Waals surface area (Å²) in [5.41, 5.74) is 1.49. The van der Waals surface area contributed by atoms with E-state index in [-0.39, 0.29) is 5.54 Å². The first-order chi connectivity index (χ1) is 7.86. The van der Waals surface area contributed by atoms with Crippen LogP contribution >= 0.6 is 11.6 Å². The molecule has 0 spiro atoms. The van der Waals surface area contributed by atoms with E-state index in [2.05, 4.69) is 24.1 Å². The monoisotopic (exact) mass is 251 g/mol. The van der Waals surface area contributed by atoms with E-state index in [0.717, 1.165) is 12.2 Å². The van der Waals surface area contributed by atoms with Crippen LogP contribution in [0.25, 0.3) is 0 Å². The lowest BCUT2D eigenvalue weighted by Gasteiger charge is -2.33. The van der Waals surface area contributed by atoms with Crippen LogP contribution in [0.15, 0.2) is 18.2 Å². The van der Waals surface area contributed by atoms with Gasteiger partial charge in [-0.1, -0.05) is 11.6 Å². The molecule has 0 aliphatic carbocycles. The van der Waals surface area contributed by atoms with Crippen molar-refractivity contribution in [3.05, 3.63) is 28.8 Å². The fraction of sp³-hybridized carbons (Fsp3) is 0.462. The molecule has 0 aromatic heterocycles. The smallest absolute Gasteiger partial charge is 0.101 e. The molecule has 0 atom stereocenters. The third-order valence-corrected chi connectivity index (χ3v) is 3.34. The van der Waals surface area contributed by atoms with Crippen molar-refractivity contribution in [3.63, 3.8) is 0 Å². The molecule has 0 saturated heterocycles. The highest BCUT2D eigenvalue weighted by Crippen LogP contribution is 2.21. The minimum Gasteiger partial charge on any atom is -0.383 e. The van der Waals surface area contributed by atoms with Gasteiger partial charge in [0.05, 0.1) is 10.6 Å². The summed E-state index contributed by atoms with van der Waals surface area (Å²) in [6, 6.07) is 7.43. The Kier molecular flexibility index (Phi) is 4.39. The van der Waals surface area contributed by atoms with Crippen molar-refractivity contribution in [2.24, 2.45) is 0 Å². The number of hydrogen-bond acceptors (Lipinski definition) is 3. The van der Waals surface area contributed by atoms with Gasteiger partial charge in [0.25, 0.3) is 0 Å². The summed E-state index contributed by atoms with van der Waals surface area (Å²) >= 11 is 5.97. The van der Waals surface area contributed by atoms with Gasteiger partial charge in [-0.15, -0.1) is 0 Å². The molecule has 0 aliphatic heterocycles. The van der Waals surface area contributed by atoms with Crippen molar-refractivity contribution in [1.82, 2.24) is 4.90 Å². The molecule has 1 aromatic carbocycles. The summed E-state index contributed by atoms with van der Waals surface area (Å²) in [5.74, 6) is 0. The highest BCUT2D eigenvalue weighted by atomic mass is 35.5. The fourth-order valence-corrected chi connectivity index (χ4v) is 1.42. The number of likely N-dealkylation sites (N-methyl/N-ethyl adjacent to an activating group) is 1. The first kappa shape index (κ1) is 13.8. The maximum absolute atomic E-state index is 8.78. The van der Waals surface area contributed by atoms with Crippen LogP contribution in [0.1, 0.15) is 19.4 Å². The molecule has 0 heterocycles. The van der Waals surface area contributed by atoms with Crippen LogP contribution in [0, 0.1) is 11.3 Å². The van der Waals surface area contributed by atoms with Crippen LogP contribution in [0.3, 0.4) is 0 Å². The molecule has 0 fully saturated rings. The molecule has 1 rings (SSSR count). The van der Waals surface area contributed by atoms with Crippen molar-refractivity contribution in [3.8, 4) is 6.07 Å². The molecule has 0 unspecified atom stereocenters. The van der Waals surface area contributed by atoms with Gasteiger partial charge in [-0.2, -0.15) is 5.26 Å². The minimum atomic E-state index is 0.0559. The Balaban J connectivity index is 2.72. The van der Waals surface area contributed by atoms with Gasteiger partial charge in [0.1, 0.15) is 6.07 Å². The Hall–Kier alpha value is -1.24. The van der Waals surface area contributed by atoms with E-state index < -0.39 is 0 Å². The van der Waals surface area contributed by atoms with Gasteiger partial charge in [-0.25, -0.2) is 0 Å². The van der Waals surface area contributed by atoms with Crippen LogP contribution < -0.4 is 5.32 Å². The normalized spacial score (nSPS) is 11.4. The molecule has 1 aromatic rings. The van der Waals surface area contributed by atoms with E-state index in [4.69, 9.17) is 16.9 Å². The molecule has 0 bridgehead atoms. The van der Waals surface area contributed by atoms with Gasteiger partial charge < -0.3 is 10.2 Å². The lowest BCUT2D eigenvalue weighted by Crippen LogP contribution is -2.44. The Bertz CT molecular complexity index is 433. The highest BCUT2D eigenvalue weighted by molar-refractivity contribution is 6.32. The van der Waals surface area contributed by atoms with Crippen molar-refractivity contribution < 1.29 is 0 Å². The van der Waals surface area contributed by atoms with Crippen LogP contribution in [0.5, 0.6) is 0 Å². The number of halogens is 1. The predicted octanol–water partition coefficient (Wildman–Crippen LogP) is 2.96. The lowest BCUT2D eigenvalue weighted by atomic mass is 10.0. The van der Waals surface area contributed by atoms with E-state index in [1.807, 2.05) is 26.2 Å². The molecule has 1 N–H and O–H groups in total. The van der Waals surface area contributed by atoms with E-state index in [0.29, 0.717) is 10.6 Å². The predicted molar refractivity (Wildman–Crippen MR) is 72.4 cm³/mol. The van der Waals surface area contributed by atoms with Gasteiger partial charge >= 0.3 is 0 Å². The Morgan fingerprint density at radius 3 is 2.53 bits per heavy atom. The SMILES string of the molecule is CN(C)C(C)(C)CNc1ccc(C#N)c(Cl)c1. The van der Waals surface area contributed by atoms with E-state index in [1.165, 1.54) is 0 Å². The zero-order valence-electron chi connectivity index (χ0n) is 10.7. The van der Waals surface area contributed by atoms with E-state index in [1.54, 1.807) is 12.1 Å². The molecule has 0 aliphatic rings. The third-order valence-electron chi connectivity index (χ3n) is 3.03. The summed E-state index contributed by atoms with van der Waals surface area (Å²) in [4.78, 5) is 2.16. The molecule has 3 nitrogen and oxygen atoms in total. The van der Waals surface area contributed by atoms with Crippen LogP contribution in [0.2, 0.25) is 5.02 Å². The number of nitrogens with zero attached hydrogens (tertiary/aromatic N) is 2. The molecular weight excluding hydrogens is 234 g/mol. The van der Waals surface area contributed by atoms with Crippen molar-refractivity contribution in [2.75, 3.05) is 26.0 Å². The highest BCUT2D eigenvalue weighted by Gasteiger charge is 2.19. The third kappa shape index (κ3) is 3.62. The van der Waals surface area contributed by atoms with Gasteiger partial charge in [0.15, 0.2) is 0 Å². The molecular formula is C13H18ClN3. The second-order valence-electron chi connectivity index (χ2n) is 4.87. The summed E-state index contributed by atoms with van der Waals surface area (Å²) in [5, 5.41) is 12.6. The van der Waals surface area contributed by atoms with Gasteiger partial charge in [-0.3, -0.25) is 0 Å². The number of rotatable bonds is 4. The largest absolute Gasteiger partial charge is 0.383 e. The Morgan fingerprint density at radius 2 is 2.06 bits per heavy atom. The second kappa shape index (κ2) is 5.39. The summed E-state index contributed by atoms with van der Waals surface area (Å²) in [7, 11) is 4.10. The van der Waals surface area contributed by atoms with Crippen LogP contribution in [-0.4, -0.2) is 31.1 Å². The van der Waals surface area contributed by atoms with Crippen LogP contribution in [0.4, 0.5) is 5.69 Å². The zero-order chi connectivity index (χ0) is 13.1. The topological polar surface area (TPSA) is 39.1 Å². The maximum atomic E-state index is 8.78. The van der Waals surface area contributed by atoms with Gasteiger partial charge in [0, 0.05) is 17.8 Å². The maximum Gasteiger partial charge on any atom is 0.101 e.